The standard InChI is InChI=1S/C16H21NO5S2/c1-2-8-17(12-7-9-24(21,22)11-12)15(18)10-23-14-6-4-3-5-13(14)16(19)20/h3-6,12H,2,7-11H2,1H3,(H,19,20)/t12-/m1/s1. The van der Waals surface area contributed by atoms with Crippen molar-refractivity contribution in [2.75, 3.05) is 23.8 Å². The van der Waals surface area contributed by atoms with Crippen LogP contribution in [-0.2, 0) is 14.6 Å². The summed E-state index contributed by atoms with van der Waals surface area (Å²) in [6, 6.07) is 6.28. The molecule has 1 amide bonds. The van der Waals surface area contributed by atoms with Crippen molar-refractivity contribution in [2.45, 2.75) is 30.7 Å². The second-order valence-corrected chi connectivity index (χ2v) is 8.98. The monoisotopic (exact) mass is 371 g/mol. The molecule has 6 nitrogen and oxygen atoms in total. The van der Waals surface area contributed by atoms with Gasteiger partial charge in [0.15, 0.2) is 9.84 Å². The summed E-state index contributed by atoms with van der Waals surface area (Å²) in [5.41, 5.74) is 0.167. The van der Waals surface area contributed by atoms with Gasteiger partial charge in [0.05, 0.1) is 22.8 Å². The summed E-state index contributed by atoms with van der Waals surface area (Å²) in [5, 5.41) is 9.18. The van der Waals surface area contributed by atoms with E-state index in [9.17, 15) is 23.1 Å². The highest BCUT2D eigenvalue weighted by Crippen LogP contribution is 2.25. The van der Waals surface area contributed by atoms with Crippen molar-refractivity contribution in [1.82, 2.24) is 4.90 Å². The van der Waals surface area contributed by atoms with E-state index in [1.807, 2.05) is 6.92 Å². The molecule has 1 heterocycles. The van der Waals surface area contributed by atoms with Crippen molar-refractivity contribution >= 4 is 33.5 Å². The fraction of sp³-hybridized carbons (Fsp3) is 0.500. The molecule has 0 saturated carbocycles. The third-order valence-electron chi connectivity index (χ3n) is 3.90. The number of hydrogen-bond donors (Lipinski definition) is 1. The maximum absolute atomic E-state index is 12.5. The quantitative estimate of drug-likeness (QED) is 0.736. The van der Waals surface area contributed by atoms with Gasteiger partial charge in [-0.3, -0.25) is 4.79 Å². The molecule has 24 heavy (non-hydrogen) atoms. The minimum atomic E-state index is -3.06. The van der Waals surface area contributed by atoms with E-state index in [0.717, 1.165) is 6.42 Å². The molecule has 0 aliphatic carbocycles. The Bertz CT molecular complexity index is 717. The Morgan fingerprint density at radius 1 is 1.33 bits per heavy atom. The summed E-state index contributed by atoms with van der Waals surface area (Å²) in [7, 11) is -3.06. The predicted molar refractivity (Wildman–Crippen MR) is 93.2 cm³/mol. The van der Waals surface area contributed by atoms with Crippen LogP contribution in [0.4, 0.5) is 0 Å². The maximum atomic E-state index is 12.5. The lowest BCUT2D eigenvalue weighted by Crippen LogP contribution is -2.42. The number of hydrogen-bond acceptors (Lipinski definition) is 5. The number of carbonyl (C=O) groups excluding carboxylic acids is 1. The van der Waals surface area contributed by atoms with Gasteiger partial charge in [-0.2, -0.15) is 0 Å². The third-order valence-corrected chi connectivity index (χ3v) is 6.71. The van der Waals surface area contributed by atoms with Gasteiger partial charge in [0.25, 0.3) is 0 Å². The fourth-order valence-electron chi connectivity index (χ4n) is 2.76. The Morgan fingerprint density at radius 3 is 2.62 bits per heavy atom. The SMILES string of the molecule is CCCN(C(=O)CSc1ccccc1C(=O)O)[C@@H]1CCS(=O)(=O)C1. The lowest BCUT2D eigenvalue weighted by Gasteiger charge is -2.28. The number of sulfone groups is 1. The first kappa shape index (κ1) is 18.8. The van der Waals surface area contributed by atoms with Gasteiger partial charge < -0.3 is 10.0 Å². The Balaban J connectivity index is 2.05. The number of amides is 1. The molecule has 1 aliphatic rings. The summed E-state index contributed by atoms with van der Waals surface area (Å²) in [6.07, 6.45) is 1.23. The normalized spacial score (nSPS) is 19.1. The molecular formula is C16H21NO5S2. The fourth-order valence-corrected chi connectivity index (χ4v) is 5.43. The zero-order chi connectivity index (χ0) is 17.7. The molecule has 0 unspecified atom stereocenters. The highest BCUT2D eigenvalue weighted by atomic mass is 32.2. The van der Waals surface area contributed by atoms with Gasteiger partial charge in [-0.25, -0.2) is 13.2 Å². The first-order chi connectivity index (χ1) is 11.3. The molecule has 1 aromatic rings. The van der Waals surface area contributed by atoms with Gasteiger partial charge in [0, 0.05) is 17.5 Å². The van der Waals surface area contributed by atoms with Crippen LogP contribution < -0.4 is 0 Å². The first-order valence-electron chi connectivity index (χ1n) is 7.79. The zero-order valence-corrected chi connectivity index (χ0v) is 15.1. The number of benzene rings is 1. The Labute approximate surface area is 146 Å². The summed E-state index contributed by atoms with van der Waals surface area (Å²) in [4.78, 5) is 25.9. The lowest BCUT2D eigenvalue weighted by atomic mass is 10.2. The number of carboxylic acid groups (broad SMARTS) is 1. The second kappa shape index (κ2) is 8.02. The number of thioether (sulfide) groups is 1. The molecule has 1 N–H and O–H groups in total. The third kappa shape index (κ3) is 4.73. The highest BCUT2D eigenvalue weighted by Gasteiger charge is 2.34. The van der Waals surface area contributed by atoms with E-state index in [1.165, 1.54) is 17.8 Å². The molecule has 1 atom stereocenters. The number of rotatable bonds is 7. The average molecular weight is 371 g/mol. The van der Waals surface area contributed by atoms with Crippen LogP contribution in [0.15, 0.2) is 29.2 Å². The largest absolute Gasteiger partial charge is 0.478 e. The van der Waals surface area contributed by atoms with Crippen molar-refractivity contribution in [1.29, 1.82) is 0 Å². The molecule has 8 heteroatoms. The van der Waals surface area contributed by atoms with Crippen LogP contribution in [0.1, 0.15) is 30.1 Å². The molecular weight excluding hydrogens is 350 g/mol. The van der Waals surface area contributed by atoms with E-state index in [-0.39, 0.29) is 34.8 Å². The van der Waals surface area contributed by atoms with Crippen molar-refractivity contribution in [2.24, 2.45) is 0 Å². The summed E-state index contributed by atoms with van der Waals surface area (Å²) in [5.74, 6) is -0.933. The summed E-state index contributed by atoms with van der Waals surface area (Å²) >= 11 is 1.17. The van der Waals surface area contributed by atoms with Crippen LogP contribution in [0.5, 0.6) is 0 Å². The van der Waals surface area contributed by atoms with Crippen LogP contribution in [0.3, 0.4) is 0 Å². The molecule has 0 aromatic heterocycles. The van der Waals surface area contributed by atoms with Crippen molar-refractivity contribution in [3.8, 4) is 0 Å². The smallest absolute Gasteiger partial charge is 0.336 e. The lowest BCUT2D eigenvalue weighted by molar-refractivity contribution is -0.130. The van der Waals surface area contributed by atoms with E-state index >= 15 is 0 Å². The van der Waals surface area contributed by atoms with Crippen molar-refractivity contribution in [3.05, 3.63) is 29.8 Å². The molecule has 2 rings (SSSR count). The predicted octanol–water partition coefficient (Wildman–Crippen LogP) is 1.90. The summed E-state index contributed by atoms with van der Waals surface area (Å²) < 4.78 is 23.3. The number of carbonyl (C=O) groups is 2. The number of aromatic carboxylic acids is 1. The highest BCUT2D eigenvalue weighted by molar-refractivity contribution is 8.00. The molecule has 1 fully saturated rings. The molecule has 0 radical (unpaired) electrons. The van der Waals surface area contributed by atoms with Gasteiger partial charge in [-0.1, -0.05) is 19.1 Å². The van der Waals surface area contributed by atoms with Crippen LogP contribution >= 0.6 is 11.8 Å². The summed E-state index contributed by atoms with van der Waals surface area (Å²) in [6.45, 7) is 2.46. The topological polar surface area (TPSA) is 91.8 Å². The Kier molecular flexibility index (Phi) is 6.28. The van der Waals surface area contributed by atoms with E-state index in [4.69, 9.17) is 0 Å². The van der Waals surface area contributed by atoms with E-state index in [1.54, 1.807) is 23.1 Å². The van der Waals surface area contributed by atoms with Gasteiger partial charge in [-0.15, -0.1) is 11.8 Å². The van der Waals surface area contributed by atoms with E-state index in [2.05, 4.69) is 0 Å². The van der Waals surface area contributed by atoms with Gasteiger partial charge >= 0.3 is 5.97 Å². The van der Waals surface area contributed by atoms with Crippen LogP contribution in [0.25, 0.3) is 0 Å². The van der Waals surface area contributed by atoms with E-state index in [0.29, 0.717) is 17.9 Å². The molecule has 1 aliphatic heterocycles. The molecule has 1 saturated heterocycles. The average Bonchev–Trinajstić information content (AvgIpc) is 2.90. The van der Waals surface area contributed by atoms with Crippen LogP contribution in [-0.4, -0.2) is 60.1 Å². The van der Waals surface area contributed by atoms with Crippen LogP contribution in [0, 0.1) is 0 Å². The molecule has 132 valence electrons. The van der Waals surface area contributed by atoms with Crippen molar-refractivity contribution < 1.29 is 23.1 Å². The zero-order valence-electron chi connectivity index (χ0n) is 13.5. The molecule has 0 bridgehead atoms. The Hall–Kier alpha value is -1.54. The molecule has 0 spiro atoms. The van der Waals surface area contributed by atoms with Gasteiger partial charge in [-0.05, 0) is 25.0 Å². The van der Waals surface area contributed by atoms with E-state index < -0.39 is 15.8 Å². The van der Waals surface area contributed by atoms with Crippen molar-refractivity contribution in [3.63, 3.8) is 0 Å². The van der Waals surface area contributed by atoms with Gasteiger partial charge in [0.1, 0.15) is 0 Å². The first-order valence-corrected chi connectivity index (χ1v) is 10.6. The minimum Gasteiger partial charge on any atom is -0.478 e. The Morgan fingerprint density at radius 2 is 2.04 bits per heavy atom. The maximum Gasteiger partial charge on any atom is 0.336 e. The second-order valence-electron chi connectivity index (χ2n) is 5.73. The minimum absolute atomic E-state index is 0.0229. The van der Waals surface area contributed by atoms with Crippen LogP contribution in [0.2, 0.25) is 0 Å². The molecule has 1 aromatic carbocycles. The number of carboxylic acids is 1. The van der Waals surface area contributed by atoms with Gasteiger partial charge in [0.2, 0.25) is 5.91 Å². The number of nitrogens with zero attached hydrogens (tertiary/aromatic N) is 1.